The Labute approximate surface area is 111 Å². The predicted molar refractivity (Wildman–Crippen MR) is 73.4 cm³/mol. The van der Waals surface area contributed by atoms with Crippen LogP contribution in [-0.2, 0) is 4.74 Å². The van der Waals surface area contributed by atoms with Gasteiger partial charge in [-0.2, -0.15) is 0 Å². The Balaban J connectivity index is 1.53. The summed E-state index contributed by atoms with van der Waals surface area (Å²) < 4.78 is 6.12. The summed E-state index contributed by atoms with van der Waals surface area (Å²) in [5.41, 5.74) is 6.38. The number of rotatable bonds is 2. The molecule has 3 rings (SSSR count). The Morgan fingerprint density at radius 3 is 2.72 bits per heavy atom. The summed E-state index contributed by atoms with van der Waals surface area (Å²) in [5.74, 6) is 1.62. The van der Waals surface area contributed by atoms with E-state index in [4.69, 9.17) is 10.5 Å². The van der Waals surface area contributed by atoms with Crippen molar-refractivity contribution in [3.8, 4) is 0 Å². The van der Waals surface area contributed by atoms with Crippen LogP contribution in [0, 0.1) is 11.8 Å². The second-order valence-corrected chi connectivity index (χ2v) is 7.28. The maximum Gasteiger partial charge on any atom is 0.0710 e. The number of fused-ring (bicyclic) bond motifs is 1. The van der Waals surface area contributed by atoms with Crippen molar-refractivity contribution in [3.63, 3.8) is 0 Å². The maximum absolute atomic E-state index is 6.28. The molecule has 4 atom stereocenters. The molecule has 18 heavy (non-hydrogen) atoms. The Morgan fingerprint density at radius 1 is 1.22 bits per heavy atom. The van der Waals surface area contributed by atoms with Crippen LogP contribution in [0.4, 0.5) is 0 Å². The molecule has 0 spiro atoms. The number of nitrogens with two attached hydrogens (primary N) is 1. The van der Waals surface area contributed by atoms with Crippen LogP contribution in [-0.4, -0.2) is 42.3 Å². The number of hydrogen-bond acceptors (Lipinski definition) is 3. The van der Waals surface area contributed by atoms with Crippen LogP contribution >= 0.6 is 0 Å². The number of ether oxygens (including phenoxy) is 1. The summed E-state index contributed by atoms with van der Waals surface area (Å²) in [6, 6.07) is 0.453. The average molecular weight is 252 g/mol. The van der Waals surface area contributed by atoms with Gasteiger partial charge in [0, 0.05) is 25.7 Å². The molecule has 3 nitrogen and oxygen atoms in total. The highest BCUT2D eigenvalue weighted by atomic mass is 16.5. The quantitative estimate of drug-likeness (QED) is 0.817. The highest BCUT2D eigenvalue weighted by molar-refractivity contribution is 4.94. The van der Waals surface area contributed by atoms with E-state index in [9.17, 15) is 0 Å². The lowest BCUT2D eigenvalue weighted by Gasteiger charge is -2.30. The van der Waals surface area contributed by atoms with Crippen LogP contribution in [0.25, 0.3) is 0 Å². The van der Waals surface area contributed by atoms with Crippen LogP contribution in [0.15, 0.2) is 0 Å². The summed E-state index contributed by atoms with van der Waals surface area (Å²) >= 11 is 0. The first-order valence-electron chi connectivity index (χ1n) is 7.69. The molecule has 3 aliphatic rings. The van der Waals surface area contributed by atoms with E-state index in [2.05, 4.69) is 18.7 Å². The average Bonchev–Trinajstić information content (AvgIpc) is 2.83. The van der Waals surface area contributed by atoms with E-state index in [1.54, 1.807) is 0 Å². The van der Waals surface area contributed by atoms with Gasteiger partial charge in [-0.1, -0.05) is 6.42 Å². The molecular formula is C15H28N2O. The molecule has 2 saturated heterocycles. The van der Waals surface area contributed by atoms with E-state index in [0.29, 0.717) is 12.1 Å². The summed E-state index contributed by atoms with van der Waals surface area (Å²) in [7, 11) is 0. The Morgan fingerprint density at radius 2 is 2.06 bits per heavy atom. The van der Waals surface area contributed by atoms with Gasteiger partial charge in [-0.3, -0.25) is 0 Å². The highest BCUT2D eigenvalue weighted by Gasteiger charge is 2.40. The summed E-state index contributed by atoms with van der Waals surface area (Å²) in [5, 5.41) is 0. The van der Waals surface area contributed by atoms with Gasteiger partial charge in [0.2, 0.25) is 0 Å². The molecule has 2 N–H and O–H groups in total. The first-order valence-corrected chi connectivity index (χ1v) is 7.69. The van der Waals surface area contributed by atoms with E-state index in [1.165, 1.54) is 45.2 Å². The number of hydrogen-bond donors (Lipinski definition) is 1. The first kappa shape index (κ1) is 12.9. The van der Waals surface area contributed by atoms with Gasteiger partial charge < -0.3 is 15.4 Å². The summed E-state index contributed by atoms with van der Waals surface area (Å²) in [6.07, 6.45) is 6.86. The van der Waals surface area contributed by atoms with Crippen LogP contribution in [0.5, 0.6) is 0 Å². The Bertz CT molecular complexity index is 305. The summed E-state index contributed by atoms with van der Waals surface area (Å²) in [4.78, 5) is 2.62. The molecule has 0 aromatic carbocycles. The van der Waals surface area contributed by atoms with Crippen molar-refractivity contribution < 1.29 is 4.74 Å². The van der Waals surface area contributed by atoms with E-state index >= 15 is 0 Å². The van der Waals surface area contributed by atoms with Crippen molar-refractivity contribution in [1.29, 1.82) is 0 Å². The Hall–Kier alpha value is -0.120. The monoisotopic (exact) mass is 252 g/mol. The van der Waals surface area contributed by atoms with Gasteiger partial charge in [0.1, 0.15) is 0 Å². The zero-order chi connectivity index (χ0) is 12.8. The van der Waals surface area contributed by atoms with Crippen molar-refractivity contribution in [2.75, 3.05) is 19.6 Å². The second kappa shape index (κ2) is 4.77. The van der Waals surface area contributed by atoms with E-state index in [-0.39, 0.29) is 5.60 Å². The SMILES string of the molecule is CC1(C)CCC(CN2CC3CCCC(N)C3C2)O1. The molecule has 3 heteroatoms. The van der Waals surface area contributed by atoms with Crippen molar-refractivity contribution in [2.24, 2.45) is 17.6 Å². The fourth-order valence-corrected chi connectivity index (χ4v) is 4.25. The van der Waals surface area contributed by atoms with Crippen molar-refractivity contribution in [1.82, 2.24) is 4.90 Å². The Kier molecular flexibility index (Phi) is 3.41. The minimum Gasteiger partial charge on any atom is -0.371 e. The minimum atomic E-state index is 0.105. The molecule has 2 heterocycles. The fourth-order valence-electron chi connectivity index (χ4n) is 4.25. The molecule has 0 aromatic rings. The molecule has 0 bridgehead atoms. The third-order valence-electron chi connectivity index (χ3n) is 5.25. The van der Waals surface area contributed by atoms with Crippen LogP contribution in [0.2, 0.25) is 0 Å². The topological polar surface area (TPSA) is 38.5 Å². The third kappa shape index (κ3) is 2.59. The van der Waals surface area contributed by atoms with Gasteiger partial charge in [0.25, 0.3) is 0 Å². The second-order valence-electron chi connectivity index (χ2n) is 7.28. The van der Waals surface area contributed by atoms with E-state index in [1.807, 2.05) is 0 Å². The van der Waals surface area contributed by atoms with Crippen LogP contribution in [0.3, 0.4) is 0 Å². The molecule has 1 aliphatic carbocycles. The minimum absolute atomic E-state index is 0.105. The zero-order valence-corrected chi connectivity index (χ0v) is 11.9. The van der Waals surface area contributed by atoms with E-state index < -0.39 is 0 Å². The van der Waals surface area contributed by atoms with Crippen molar-refractivity contribution >= 4 is 0 Å². The highest BCUT2D eigenvalue weighted by Crippen LogP contribution is 2.37. The lowest BCUT2D eigenvalue weighted by molar-refractivity contribution is -0.0268. The molecule has 1 saturated carbocycles. The fraction of sp³-hybridized carbons (Fsp3) is 1.00. The molecule has 4 unspecified atom stereocenters. The molecule has 2 aliphatic heterocycles. The van der Waals surface area contributed by atoms with Gasteiger partial charge >= 0.3 is 0 Å². The van der Waals surface area contributed by atoms with Crippen LogP contribution in [0.1, 0.15) is 46.0 Å². The van der Waals surface area contributed by atoms with Crippen LogP contribution < -0.4 is 5.73 Å². The van der Waals surface area contributed by atoms with Gasteiger partial charge in [0.15, 0.2) is 0 Å². The molecule has 0 amide bonds. The molecule has 0 aromatic heterocycles. The maximum atomic E-state index is 6.28. The standard InChI is InChI=1S/C15H28N2O/c1-15(2)7-6-12(18-15)9-17-8-11-4-3-5-14(16)13(11)10-17/h11-14H,3-10,16H2,1-2H3. The number of likely N-dealkylation sites (tertiary alicyclic amines) is 1. The molecule has 3 fully saturated rings. The van der Waals surface area contributed by atoms with Gasteiger partial charge in [-0.25, -0.2) is 0 Å². The molecule has 104 valence electrons. The smallest absolute Gasteiger partial charge is 0.0710 e. The normalized spacial score (nSPS) is 44.2. The van der Waals surface area contributed by atoms with Gasteiger partial charge in [-0.05, 0) is 51.4 Å². The largest absolute Gasteiger partial charge is 0.371 e. The molecule has 0 radical (unpaired) electrons. The summed E-state index contributed by atoms with van der Waals surface area (Å²) in [6.45, 7) is 8.03. The van der Waals surface area contributed by atoms with E-state index in [0.717, 1.165) is 18.4 Å². The lowest BCUT2D eigenvalue weighted by atomic mass is 9.78. The van der Waals surface area contributed by atoms with Gasteiger partial charge in [0.05, 0.1) is 11.7 Å². The number of nitrogens with zero attached hydrogens (tertiary/aromatic N) is 1. The zero-order valence-electron chi connectivity index (χ0n) is 11.9. The lowest BCUT2D eigenvalue weighted by Crippen LogP contribution is -2.38. The van der Waals surface area contributed by atoms with Gasteiger partial charge in [-0.15, -0.1) is 0 Å². The first-order chi connectivity index (χ1) is 8.53. The predicted octanol–water partition coefficient (Wildman–Crippen LogP) is 2.00. The van der Waals surface area contributed by atoms with Crippen molar-refractivity contribution in [2.45, 2.75) is 63.7 Å². The third-order valence-corrected chi connectivity index (χ3v) is 5.25. The molecular weight excluding hydrogens is 224 g/mol. The van der Waals surface area contributed by atoms with Crippen molar-refractivity contribution in [3.05, 3.63) is 0 Å².